The molecule has 2 N–H and O–H groups in total. The molecule has 1 heterocycles. The molecule has 0 unspecified atom stereocenters. The molecule has 1 atom stereocenters. The zero-order valence-electron chi connectivity index (χ0n) is 11.2. The first-order valence-corrected chi connectivity index (χ1v) is 6.08. The number of ether oxygens (including phenoxy) is 1. The van der Waals surface area contributed by atoms with E-state index >= 15 is 0 Å². The fourth-order valence-corrected chi connectivity index (χ4v) is 1.83. The maximum Gasteiger partial charge on any atom is 0.140 e. The highest BCUT2D eigenvalue weighted by Crippen LogP contribution is 2.22. The van der Waals surface area contributed by atoms with Gasteiger partial charge in [0.1, 0.15) is 23.9 Å². The van der Waals surface area contributed by atoms with E-state index in [0.717, 1.165) is 11.3 Å². The molecule has 0 fully saturated rings. The molecule has 4 nitrogen and oxygen atoms in total. The summed E-state index contributed by atoms with van der Waals surface area (Å²) in [6.45, 7) is 5.70. The maximum absolute atomic E-state index is 13.7. The standard InChI is InChI=1S/C14H17FN2O2/c1-8(16)12-5-4-11(6-14(12)15)18-7-13-9(2)17-19-10(13)3/h4-6,8H,7,16H2,1-3H3/t8-/m1/s1. The van der Waals surface area contributed by atoms with Crippen molar-refractivity contribution in [1.82, 2.24) is 5.16 Å². The minimum atomic E-state index is -0.355. The minimum absolute atomic E-state index is 0.304. The Balaban J connectivity index is 2.10. The fraction of sp³-hybridized carbons (Fsp3) is 0.357. The van der Waals surface area contributed by atoms with Crippen LogP contribution in [0.2, 0.25) is 0 Å². The summed E-state index contributed by atoms with van der Waals surface area (Å²) in [5.41, 5.74) is 7.80. The van der Waals surface area contributed by atoms with Crippen molar-refractivity contribution in [2.75, 3.05) is 0 Å². The third kappa shape index (κ3) is 2.93. The van der Waals surface area contributed by atoms with Crippen molar-refractivity contribution in [2.24, 2.45) is 5.73 Å². The maximum atomic E-state index is 13.7. The molecule has 1 aromatic carbocycles. The summed E-state index contributed by atoms with van der Waals surface area (Å²) in [7, 11) is 0. The van der Waals surface area contributed by atoms with E-state index in [0.29, 0.717) is 23.7 Å². The molecule has 0 amide bonds. The van der Waals surface area contributed by atoms with Crippen LogP contribution in [0.5, 0.6) is 5.75 Å². The second-order valence-corrected chi connectivity index (χ2v) is 4.56. The van der Waals surface area contributed by atoms with Gasteiger partial charge in [-0.3, -0.25) is 0 Å². The zero-order valence-corrected chi connectivity index (χ0v) is 11.2. The predicted molar refractivity (Wildman–Crippen MR) is 69.3 cm³/mol. The van der Waals surface area contributed by atoms with Gasteiger partial charge in [0, 0.05) is 17.7 Å². The summed E-state index contributed by atoms with van der Waals surface area (Å²) in [6.07, 6.45) is 0. The van der Waals surface area contributed by atoms with Crippen molar-refractivity contribution in [1.29, 1.82) is 0 Å². The molecule has 1 aromatic heterocycles. The van der Waals surface area contributed by atoms with Crippen LogP contribution in [0.3, 0.4) is 0 Å². The van der Waals surface area contributed by atoms with Gasteiger partial charge in [-0.2, -0.15) is 0 Å². The van der Waals surface area contributed by atoms with Gasteiger partial charge in [-0.25, -0.2) is 4.39 Å². The summed E-state index contributed by atoms with van der Waals surface area (Å²) >= 11 is 0. The first-order valence-electron chi connectivity index (χ1n) is 6.08. The first-order chi connectivity index (χ1) is 8.99. The number of hydrogen-bond donors (Lipinski definition) is 1. The van der Waals surface area contributed by atoms with E-state index in [4.69, 9.17) is 15.0 Å². The van der Waals surface area contributed by atoms with Crippen molar-refractivity contribution < 1.29 is 13.7 Å². The van der Waals surface area contributed by atoms with Gasteiger partial charge < -0.3 is 15.0 Å². The lowest BCUT2D eigenvalue weighted by molar-refractivity contribution is 0.300. The van der Waals surface area contributed by atoms with E-state index in [1.165, 1.54) is 6.07 Å². The van der Waals surface area contributed by atoms with Gasteiger partial charge in [0.05, 0.1) is 11.3 Å². The van der Waals surface area contributed by atoms with E-state index in [2.05, 4.69) is 5.16 Å². The number of nitrogens with zero attached hydrogens (tertiary/aromatic N) is 1. The number of aromatic nitrogens is 1. The number of aryl methyl sites for hydroxylation is 2. The minimum Gasteiger partial charge on any atom is -0.489 e. The lowest BCUT2D eigenvalue weighted by atomic mass is 10.1. The molecule has 102 valence electrons. The highest BCUT2D eigenvalue weighted by atomic mass is 19.1. The lowest BCUT2D eigenvalue weighted by Gasteiger charge is -2.10. The van der Waals surface area contributed by atoms with Crippen LogP contribution in [0.25, 0.3) is 0 Å². The molecule has 0 bridgehead atoms. The normalized spacial score (nSPS) is 12.5. The molecule has 0 saturated carbocycles. The van der Waals surface area contributed by atoms with Crippen LogP contribution in [-0.4, -0.2) is 5.16 Å². The van der Waals surface area contributed by atoms with Crippen LogP contribution in [0.15, 0.2) is 22.7 Å². The Morgan fingerprint density at radius 1 is 1.42 bits per heavy atom. The Labute approximate surface area is 111 Å². The Morgan fingerprint density at radius 2 is 2.16 bits per heavy atom. The van der Waals surface area contributed by atoms with E-state index in [1.54, 1.807) is 19.1 Å². The monoisotopic (exact) mass is 264 g/mol. The average molecular weight is 264 g/mol. The first kappa shape index (κ1) is 13.5. The second-order valence-electron chi connectivity index (χ2n) is 4.56. The van der Waals surface area contributed by atoms with E-state index < -0.39 is 0 Å². The van der Waals surface area contributed by atoms with E-state index in [1.807, 2.05) is 13.8 Å². The molecule has 0 aliphatic carbocycles. The van der Waals surface area contributed by atoms with Gasteiger partial charge in [-0.1, -0.05) is 11.2 Å². The van der Waals surface area contributed by atoms with Crippen LogP contribution in [0, 0.1) is 19.7 Å². The molecule has 5 heteroatoms. The Hall–Kier alpha value is -1.88. The third-order valence-corrected chi connectivity index (χ3v) is 3.03. The molecular weight excluding hydrogens is 247 g/mol. The summed E-state index contributed by atoms with van der Waals surface area (Å²) in [4.78, 5) is 0. The van der Waals surface area contributed by atoms with E-state index in [9.17, 15) is 4.39 Å². The summed E-state index contributed by atoms with van der Waals surface area (Å²) < 4.78 is 24.3. The van der Waals surface area contributed by atoms with Gasteiger partial charge in [0.25, 0.3) is 0 Å². The highest BCUT2D eigenvalue weighted by Gasteiger charge is 2.11. The second kappa shape index (κ2) is 5.40. The predicted octanol–water partition coefficient (Wildman–Crippen LogP) is 3.03. The van der Waals surface area contributed by atoms with Crippen molar-refractivity contribution >= 4 is 0 Å². The molecule has 2 rings (SSSR count). The Bertz CT molecular complexity index is 559. The Morgan fingerprint density at radius 3 is 2.68 bits per heavy atom. The largest absolute Gasteiger partial charge is 0.489 e. The average Bonchev–Trinajstić information content (AvgIpc) is 2.66. The van der Waals surface area contributed by atoms with Crippen LogP contribution in [-0.2, 0) is 6.61 Å². The molecule has 2 aromatic rings. The van der Waals surface area contributed by atoms with Crippen LogP contribution >= 0.6 is 0 Å². The number of halogens is 1. The van der Waals surface area contributed by atoms with Crippen molar-refractivity contribution in [3.05, 3.63) is 46.6 Å². The van der Waals surface area contributed by atoms with Gasteiger partial charge >= 0.3 is 0 Å². The number of nitrogens with two attached hydrogens (primary N) is 1. The smallest absolute Gasteiger partial charge is 0.140 e. The number of rotatable bonds is 4. The zero-order chi connectivity index (χ0) is 14.0. The van der Waals surface area contributed by atoms with Crippen LogP contribution in [0.1, 0.15) is 35.5 Å². The molecule has 0 aliphatic heterocycles. The summed E-state index contributed by atoms with van der Waals surface area (Å²) in [5, 5.41) is 3.84. The van der Waals surface area contributed by atoms with Crippen molar-refractivity contribution in [3.63, 3.8) is 0 Å². The highest BCUT2D eigenvalue weighted by molar-refractivity contribution is 5.31. The molecule has 0 spiro atoms. The molecular formula is C14H17FN2O2. The van der Waals surface area contributed by atoms with Crippen LogP contribution in [0.4, 0.5) is 4.39 Å². The molecule has 0 saturated heterocycles. The van der Waals surface area contributed by atoms with Crippen LogP contribution < -0.4 is 10.5 Å². The van der Waals surface area contributed by atoms with Gasteiger partial charge in [0.15, 0.2) is 0 Å². The van der Waals surface area contributed by atoms with Crippen molar-refractivity contribution in [3.8, 4) is 5.75 Å². The lowest BCUT2D eigenvalue weighted by Crippen LogP contribution is -2.07. The summed E-state index contributed by atoms with van der Waals surface area (Å²) in [6, 6.07) is 4.36. The fourth-order valence-electron chi connectivity index (χ4n) is 1.83. The SMILES string of the molecule is Cc1noc(C)c1COc1ccc([C@@H](C)N)c(F)c1. The molecule has 19 heavy (non-hydrogen) atoms. The van der Waals surface area contributed by atoms with Gasteiger partial charge in [-0.05, 0) is 26.8 Å². The molecule has 0 aliphatic rings. The summed E-state index contributed by atoms with van der Waals surface area (Å²) in [5.74, 6) is 0.818. The Kier molecular flexibility index (Phi) is 3.85. The number of benzene rings is 1. The topological polar surface area (TPSA) is 61.3 Å². The number of hydrogen-bond acceptors (Lipinski definition) is 4. The van der Waals surface area contributed by atoms with E-state index in [-0.39, 0.29) is 11.9 Å². The third-order valence-electron chi connectivity index (χ3n) is 3.03. The van der Waals surface area contributed by atoms with Crippen molar-refractivity contribution in [2.45, 2.75) is 33.4 Å². The quantitative estimate of drug-likeness (QED) is 0.922. The molecule has 0 radical (unpaired) electrons. The van der Waals surface area contributed by atoms with Gasteiger partial charge in [-0.15, -0.1) is 0 Å². The van der Waals surface area contributed by atoms with Gasteiger partial charge in [0.2, 0.25) is 0 Å².